The summed E-state index contributed by atoms with van der Waals surface area (Å²) in [5.41, 5.74) is 1.10. The number of amides is 2. The van der Waals surface area contributed by atoms with Crippen LogP contribution in [0.3, 0.4) is 0 Å². The third kappa shape index (κ3) is 4.83. The van der Waals surface area contributed by atoms with Crippen molar-refractivity contribution < 1.29 is 18.4 Å². The Morgan fingerprint density at radius 2 is 1.61 bits per heavy atom. The quantitative estimate of drug-likeness (QED) is 0.643. The summed E-state index contributed by atoms with van der Waals surface area (Å²) in [6.45, 7) is 1.80. The summed E-state index contributed by atoms with van der Waals surface area (Å²) in [6.07, 6.45) is 3.02. The fraction of sp³-hybridized carbons (Fsp3) is 0.167. The molecule has 158 valence electrons. The van der Waals surface area contributed by atoms with Crippen molar-refractivity contribution in [3.8, 4) is 0 Å². The second-order valence-electron chi connectivity index (χ2n) is 7.12. The van der Waals surface area contributed by atoms with Crippen molar-refractivity contribution in [2.75, 3.05) is 31.1 Å². The summed E-state index contributed by atoms with van der Waals surface area (Å²) in [7, 11) is 0. The fourth-order valence-electron chi connectivity index (χ4n) is 3.48. The summed E-state index contributed by atoms with van der Waals surface area (Å²) in [5, 5.41) is 2.72. The SMILES string of the molecule is O=C(NC(=Cc1ccco1)C(=O)N1CCN(c2ccccc2F)CC1)c1ccccc1. The smallest absolute Gasteiger partial charge is 0.270 e. The monoisotopic (exact) mass is 419 g/mol. The lowest BCUT2D eigenvalue weighted by atomic mass is 10.2. The Morgan fingerprint density at radius 3 is 2.29 bits per heavy atom. The Kier molecular flexibility index (Phi) is 6.12. The molecule has 6 nitrogen and oxygen atoms in total. The van der Waals surface area contributed by atoms with E-state index in [1.165, 1.54) is 18.4 Å². The maximum atomic E-state index is 14.1. The number of nitrogens with one attached hydrogen (secondary N) is 1. The number of carbonyl (C=O) groups excluding carboxylic acids is 2. The predicted octanol–water partition coefficient (Wildman–Crippen LogP) is 3.54. The molecule has 0 aliphatic carbocycles. The molecule has 1 fully saturated rings. The highest BCUT2D eigenvalue weighted by molar-refractivity contribution is 6.05. The molecule has 0 radical (unpaired) electrons. The molecule has 0 unspecified atom stereocenters. The van der Waals surface area contributed by atoms with E-state index in [4.69, 9.17) is 4.42 Å². The van der Waals surface area contributed by atoms with Gasteiger partial charge in [-0.1, -0.05) is 30.3 Å². The standard InChI is InChI=1S/C24H22FN3O3/c25-20-10-4-5-11-22(20)27-12-14-28(15-13-27)24(30)21(17-19-9-6-16-31-19)26-23(29)18-7-2-1-3-8-18/h1-11,16-17H,12-15H2,(H,26,29). The minimum Gasteiger partial charge on any atom is -0.465 e. The average Bonchev–Trinajstić information content (AvgIpc) is 3.32. The van der Waals surface area contributed by atoms with Gasteiger partial charge in [-0.25, -0.2) is 4.39 Å². The van der Waals surface area contributed by atoms with Crippen LogP contribution < -0.4 is 10.2 Å². The van der Waals surface area contributed by atoms with Crippen molar-refractivity contribution in [1.29, 1.82) is 0 Å². The Hall–Kier alpha value is -3.87. The van der Waals surface area contributed by atoms with Gasteiger partial charge < -0.3 is 19.5 Å². The zero-order valence-corrected chi connectivity index (χ0v) is 16.8. The number of nitrogens with zero attached hydrogens (tertiary/aromatic N) is 2. The Morgan fingerprint density at radius 1 is 0.903 bits per heavy atom. The van der Waals surface area contributed by atoms with Gasteiger partial charge in [0.15, 0.2) is 0 Å². The fourth-order valence-corrected chi connectivity index (χ4v) is 3.48. The molecule has 7 heteroatoms. The van der Waals surface area contributed by atoms with Gasteiger partial charge >= 0.3 is 0 Å². The molecule has 0 bridgehead atoms. The molecule has 1 saturated heterocycles. The van der Waals surface area contributed by atoms with Gasteiger partial charge in [-0.15, -0.1) is 0 Å². The third-order valence-electron chi connectivity index (χ3n) is 5.10. The van der Waals surface area contributed by atoms with E-state index in [-0.39, 0.29) is 23.3 Å². The number of piperazine rings is 1. The van der Waals surface area contributed by atoms with E-state index in [0.717, 1.165) is 0 Å². The van der Waals surface area contributed by atoms with Gasteiger partial charge in [0, 0.05) is 37.8 Å². The average molecular weight is 419 g/mol. The van der Waals surface area contributed by atoms with E-state index in [9.17, 15) is 14.0 Å². The molecule has 0 saturated carbocycles. The van der Waals surface area contributed by atoms with E-state index < -0.39 is 0 Å². The number of carbonyl (C=O) groups is 2. The van der Waals surface area contributed by atoms with Crippen LogP contribution in [0, 0.1) is 5.82 Å². The van der Waals surface area contributed by atoms with E-state index >= 15 is 0 Å². The van der Waals surface area contributed by atoms with Gasteiger partial charge in [0.1, 0.15) is 17.3 Å². The number of rotatable bonds is 5. The molecule has 2 amide bonds. The summed E-state index contributed by atoms with van der Waals surface area (Å²) in [6, 6.07) is 18.7. The zero-order chi connectivity index (χ0) is 21.6. The highest BCUT2D eigenvalue weighted by atomic mass is 19.1. The van der Waals surface area contributed by atoms with Gasteiger partial charge in [0.25, 0.3) is 11.8 Å². The third-order valence-corrected chi connectivity index (χ3v) is 5.10. The minimum atomic E-state index is -0.378. The molecule has 1 aliphatic rings. The lowest BCUT2D eigenvalue weighted by Crippen LogP contribution is -2.50. The molecule has 1 aromatic heterocycles. The van der Waals surface area contributed by atoms with Crippen molar-refractivity contribution in [1.82, 2.24) is 10.2 Å². The van der Waals surface area contributed by atoms with Crippen LogP contribution in [0.4, 0.5) is 10.1 Å². The number of furan rings is 1. The highest BCUT2D eigenvalue weighted by Gasteiger charge is 2.26. The van der Waals surface area contributed by atoms with Gasteiger partial charge in [0.2, 0.25) is 0 Å². The summed E-state index contributed by atoms with van der Waals surface area (Å²) >= 11 is 0. The molecule has 0 atom stereocenters. The maximum Gasteiger partial charge on any atom is 0.270 e. The van der Waals surface area contributed by atoms with Crippen molar-refractivity contribution in [2.24, 2.45) is 0 Å². The van der Waals surface area contributed by atoms with Gasteiger partial charge in [-0.2, -0.15) is 0 Å². The topological polar surface area (TPSA) is 65.8 Å². The highest BCUT2D eigenvalue weighted by Crippen LogP contribution is 2.21. The minimum absolute atomic E-state index is 0.128. The second-order valence-corrected chi connectivity index (χ2v) is 7.12. The number of hydrogen-bond acceptors (Lipinski definition) is 4. The molecule has 1 N–H and O–H groups in total. The second kappa shape index (κ2) is 9.30. The molecule has 31 heavy (non-hydrogen) atoms. The largest absolute Gasteiger partial charge is 0.465 e. The van der Waals surface area contributed by atoms with Crippen LogP contribution in [0.5, 0.6) is 0 Å². The number of para-hydroxylation sites is 1. The number of benzene rings is 2. The van der Waals surface area contributed by atoms with Gasteiger partial charge in [-0.05, 0) is 36.4 Å². The van der Waals surface area contributed by atoms with Crippen molar-refractivity contribution in [2.45, 2.75) is 0 Å². The number of halogens is 1. The van der Waals surface area contributed by atoms with Crippen LogP contribution in [0.1, 0.15) is 16.1 Å². The van der Waals surface area contributed by atoms with Crippen LogP contribution in [0.25, 0.3) is 6.08 Å². The normalized spacial score (nSPS) is 14.4. The lowest BCUT2D eigenvalue weighted by Gasteiger charge is -2.36. The molecule has 2 heterocycles. The molecule has 1 aliphatic heterocycles. The first-order chi connectivity index (χ1) is 15.1. The van der Waals surface area contributed by atoms with Crippen LogP contribution in [-0.2, 0) is 4.79 Å². The zero-order valence-electron chi connectivity index (χ0n) is 16.8. The number of hydrogen-bond donors (Lipinski definition) is 1. The van der Waals surface area contributed by atoms with Gasteiger partial charge in [-0.3, -0.25) is 9.59 Å². The van der Waals surface area contributed by atoms with Crippen molar-refractivity contribution in [3.05, 3.63) is 95.8 Å². The van der Waals surface area contributed by atoms with Gasteiger partial charge in [0.05, 0.1) is 12.0 Å². The Labute approximate surface area is 179 Å². The first-order valence-electron chi connectivity index (χ1n) is 10.0. The van der Waals surface area contributed by atoms with E-state index in [0.29, 0.717) is 43.2 Å². The van der Waals surface area contributed by atoms with Crippen LogP contribution in [0.15, 0.2) is 83.1 Å². The predicted molar refractivity (Wildman–Crippen MR) is 116 cm³/mol. The Bertz CT molecular complexity index is 1070. The summed E-state index contributed by atoms with van der Waals surface area (Å²) < 4.78 is 19.4. The van der Waals surface area contributed by atoms with E-state index in [1.54, 1.807) is 59.5 Å². The van der Waals surface area contributed by atoms with E-state index in [1.807, 2.05) is 11.0 Å². The molecule has 0 spiro atoms. The van der Waals surface area contributed by atoms with Crippen LogP contribution in [0.2, 0.25) is 0 Å². The van der Waals surface area contributed by atoms with Crippen molar-refractivity contribution in [3.63, 3.8) is 0 Å². The molecular formula is C24H22FN3O3. The van der Waals surface area contributed by atoms with Crippen LogP contribution >= 0.6 is 0 Å². The lowest BCUT2D eigenvalue weighted by molar-refractivity contribution is -0.127. The van der Waals surface area contributed by atoms with Crippen molar-refractivity contribution >= 4 is 23.6 Å². The maximum absolute atomic E-state index is 14.1. The van der Waals surface area contributed by atoms with Crippen LogP contribution in [-0.4, -0.2) is 42.9 Å². The molecule has 2 aromatic carbocycles. The van der Waals surface area contributed by atoms with E-state index in [2.05, 4.69) is 5.32 Å². The number of anilines is 1. The Balaban J connectivity index is 1.49. The molecular weight excluding hydrogens is 397 g/mol. The molecule has 4 rings (SSSR count). The summed E-state index contributed by atoms with van der Waals surface area (Å²) in [4.78, 5) is 29.4. The first kappa shape index (κ1) is 20.4. The molecule has 3 aromatic rings. The first-order valence-corrected chi connectivity index (χ1v) is 10.0. The summed E-state index contributed by atoms with van der Waals surface area (Å²) in [5.74, 6) is -0.511.